The minimum absolute atomic E-state index is 0.0789. The second kappa shape index (κ2) is 5.76. The van der Waals surface area contributed by atoms with Gasteiger partial charge in [-0.15, -0.1) is 10.2 Å². The van der Waals surface area contributed by atoms with Crippen LogP contribution < -0.4 is 5.32 Å². The average Bonchev–Trinajstić information content (AvgIpc) is 2.99. The molecule has 0 atom stereocenters. The van der Waals surface area contributed by atoms with Crippen molar-refractivity contribution in [3.8, 4) is 11.4 Å². The van der Waals surface area contributed by atoms with E-state index >= 15 is 0 Å². The quantitative estimate of drug-likeness (QED) is 0.768. The van der Waals surface area contributed by atoms with Gasteiger partial charge in [0, 0.05) is 17.4 Å². The normalized spacial score (nSPS) is 10.5. The fourth-order valence-electron chi connectivity index (χ4n) is 2.15. The number of rotatable bonds is 3. The van der Waals surface area contributed by atoms with Gasteiger partial charge in [0.1, 0.15) is 5.56 Å². The Kier molecular flexibility index (Phi) is 3.63. The van der Waals surface area contributed by atoms with Gasteiger partial charge >= 0.3 is 12.1 Å². The van der Waals surface area contributed by atoms with Crippen molar-refractivity contribution >= 4 is 23.4 Å². The first-order valence-electron chi connectivity index (χ1n) is 6.62. The highest BCUT2D eigenvalue weighted by Crippen LogP contribution is 2.22. The number of aromatic carboxylic acids is 1. The highest BCUT2D eigenvalue weighted by molar-refractivity contribution is 5.94. The van der Waals surface area contributed by atoms with Crippen LogP contribution in [-0.2, 0) is 4.74 Å². The molecule has 0 radical (unpaired) electrons. The number of nitrogens with one attached hydrogen (secondary N) is 1. The summed E-state index contributed by atoms with van der Waals surface area (Å²) in [7, 11) is 1.28. The van der Waals surface area contributed by atoms with Crippen molar-refractivity contribution < 1.29 is 19.4 Å². The molecule has 1 amide bonds. The van der Waals surface area contributed by atoms with Crippen molar-refractivity contribution in [3.05, 3.63) is 48.2 Å². The van der Waals surface area contributed by atoms with E-state index in [9.17, 15) is 14.7 Å². The Morgan fingerprint density at radius 3 is 2.57 bits per heavy atom. The van der Waals surface area contributed by atoms with Crippen LogP contribution in [0.1, 0.15) is 10.4 Å². The summed E-state index contributed by atoms with van der Waals surface area (Å²) in [6.07, 6.45) is 1.13. The summed E-state index contributed by atoms with van der Waals surface area (Å²) in [5, 5.41) is 19.7. The standard InChI is InChI=1S/C15H12N4O4/c1-23-15(22)16-10-6-4-9(5-7-10)12-17-18-13-11(14(20)21)3-2-8-19(12)13/h2-8H,1H3,(H,16,22)(H,20,21). The van der Waals surface area contributed by atoms with Crippen LogP contribution in [0.2, 0.25) is 0 Å². The Hall–Kier alpha value is -3.42. The molecule has 0 saturated carbocycles. The molecule has 3 aromatic rings. The number of carboxylic acid groups (broad SMARTS) is 1. The SMILES string of the molecule is COC(=O)Nc1ccc(-c2nnc3c(C(=O)O)cccn23)cc1. The lowest BCUT2D eigenvalue weighted by Gasteiger charge is -2.05. The fraction of sp³-hybridized carbons (Fsp3) is 0.0667. The van der Waals surface area contributed by atoms with Gasteiger partial charge in [-0.25, -0.2) is 9.59 Å². The molecule has 8 nitrogen and oxygen atoms in total. The number of pyridine rings is 1. The molecule has 0 aliphatic rings. The van der Waals surface area contributed by atoms with Crippen LogP contribution in [0.15, 0.2) is 42.6 Å². The number of carbonyl (C=O) groups is 2. The molecule has 2 aromatic heterocycles. The van der Waals surface area contributed by atoms with Crippen LogP contribution in [0.25, 0.3) is 17.0 Å². The number of fused-ring (bicyclic) bond motifs is 1. The zero-order valence-corrected chi connectivity index (χ0v) is 12.1. The number of nitrogens with zero attached hydrogens (tertiary/aromatic N) is 3. The number of methoxy groups -OCH3 is 1. The van der Waals surface area contributed by atoms with E-state index in [0.29, 0.717) is 11.5 Å². The van der Waals surface area contributed by atoms with E-state index in [-0.39, 0.29) is 11.2 Å². The van der Waals surface area contributed by atoms with E-state index in [2.05, 4.69) is 20.3 Å². The molecular weight excluding hydrogens is 300 g/mol. The van der Waals surface area contributed by atoms with Gasteiger partial charge in [0.05, 0.1) is 7.11 Å². The van der Waals surface area contributed by atoms with E-state index in [4.69, 9.17) is 0 Å². The molecule has 1 aromatic carbocycles. The van der Waals surface area contributed by atoms with Crippen molar-refractivity contribution in [3.63, 3.8) is 0 Å². The Bertz CT molecular complexity index is 886. The van der Waals surface area contributed by atoms with Crippen molar-refractivity contribution in [1.29, 1.82) is 0 Å². The van der Waals surface area contributed by atoms with E-state index in [1.54, 1.807) is 40.9 Å². The number of hydrogen-bond acceptors (Lipinski definition) is 5. The first kappa shape index (κ1) is 14.5. The van der Waals surface area contributed by atoms with Crippen LogP contribution in [0.5, 0.6) is 0 Å². The van der Waals surface area contributed by atoms with Gasteiger partial charge < -0.3 is 9.84 Å². The van der Waals surface area contributed by atoms with E-state index in [1.165, 1.54) is 13.2 Å². The molecule has 3 rings (SSSR count). The maximum atomic E-state index is 11.2. The second-order valence-corrected chi connectivity index (χ2v) is 4.64. The van der Waals surface area contributed by atoms with E-state index in [0.717, 1.165) is 5.56 Å². The smallest absolute Gasteiger partial charge is 0.411 e. The molecule has 0 saturated heterocycles. The Labute approximate surface area is 130 Å². The Balaban J connectivity index is 1.99. The van der Waals surface area contributed by atoms with Gasteiger partial charge in [0.25, 0.3) is 0 Å². The monoisotopic (exact) mass is 312 g/mol. The van der Waals surface area contributed by atoms with Crippen molar-refractivity contribution in [2.45, 2.75) is 0 Å². The molecule has 0 unspecified atom stereocenters. The summed E-state index contributed by atoms with van der Waals surface area (Å²) < 4.78 is 6.12. The molecule has 116 valence electrons. The molecule has 2 N–H and O–H groups in total. The zero-order valence-electron chi connectivity index (χ0n) is 12.1. The highest BCUT2D eigenvalue weighted by Gasteiger charge is 2.14. The number of amides is 1. The van der Waals surface area contributed by atoms with Gasteiger partial charge in [-0.2, -0.15) is 0 Å². The van der Waals surface area contributed by atoms with Gasteiger partial charge in [-0.1, -0.05) is 0 Å². The predicted octanol–water partition coefficient (Wildman–Crippen LogP) is 2.27. The second-order valence-electron chi connectivity index (χ2n) is 4.64. The zero-order chi connectivity index (χ0) is 16.4. The third kappa shape index (κ3) is 2.69. The fourth-order valence-corrected chi connectivity index (χ4v) is 2.15. The topological polar surface area (TPSA) is 106 Å². The lowest BCUT2D eigenvalue weighted by Crippen LogP contribution is -2.10. The molecular formula is C15H12N4O4. The largest absolute Gasteiger partial charge is 0.478 e. The summed E-state index contributed by atoms with van der Waals surface area (Å²) in [4.78, 5) is 22.4. The third-order valence-corrected chi connectivity index (χ3v) is 3.24. The lowest BCUT2D eigenvalue weighted by atomic mass is 10.2. The number of benzene rings is 1. The van der Waals surface area contributed by atoms with Crippen molar-refractivity contribution in [1.82, 2.24) is 14.6 Å². The Morgan fingerprint density at radius 2 is 1.91 bits per heavy atom. The van der Waals surface area contributed by atoms with Crippen LogP contribution in [-0.4, -0.2) is 38.9 Å². The summed E-state index contributed by atoms with van der Waals surface area (Å²) in [6, 6.07) is 9.96. The van der Waals surface area contributed by atoms with Gasteiger partial charge in [0.15, 0.2) is 11.5 Å². The number of ether oxygens (including phenoxy) is 1. The summed E-state index contributed by atoms with van der Waals surface area (Å²) in [5.41, 5.74) is 1.65. The molecule has 23 heavy (non-hydrogen) atoms. The third-order valence-electron chi connectivity index (χ3n) is 3.24. The lowest BCUT2D eigenvalue weighted by molar-refractivity contribution is 0.0698. The van der Waals surface area contributed by atoms with Crippen LogP contribution in [0, 0.1) is 0 Å². The molecule has 8 heteroatoms. The number of carbonyl (C=O) groups excluding carboxylic acids is 1. The molecule has 0 aliphatic heterocycles. The number of aromatic nitrogens is 3. The summed E-state index contributed by atoms with van der Waals surface area (Å²) in [5.74, 6) is -0.556. The minimum Gasteiger partial charge on any atom is -0.478 e. The van der Waals surface area contributed by atoms with Crippen molar-refractivity contribution in [2.75, 3.05) is 12.4 Å². The first-order chi connectivity index (χ1) is 11.1. The maximum Gasteiger partial charge on any atom is 0.411 e. The van der Waals surface area contributed by atoms with E-state index < -0.39 is 12.1 Å². The predicted molar refractivity (Wildman–Crippen MR) is 81.4 cm³/mol. The molecule has 0 aliphatic carbocycles. The molecule has 0 fully saturated rings. The van der Waals surface area contributed by atoms with Gasteiger partial charge in [0.2, 0.25) is 0 Å². The van der Waals surface area contributed by atoms with E-state index in [1.807, 2.05) is 0 Å². The van der Waals surface area contributed by atoms with Gasteiger partial charge in [-0.05, 0) is 36.4 Å². The average molecular weight is 312 g/mol. The molecule has 2 heterocycles. The Morgan fingerprint density at radius 1 is 1.17 bits per heavy atom. The number of hydrogen-bond donors (Lipinski definition) is 2. The van der Waals surface area contributed by atoms with Crippen molar-refractivity contribution in [2.24, 2.45) is 0 Å². The van der Waals surface area contributed by atoms with Gasteiger partial charge in [-0.3, -0.25) is 9.72 Å². The summed E-state index contributed by atoms with van der Waals surface area (Å²) in [6.45, 7) is 0. The number of carboxylic acids is 1. The molecule has 0 spiro atoms. The highest BCUT2D eigenvalue weighted by atomic mass is 16.5. The van der Waals surface area contributed by atoms with Crippen LogP contribution in [0.3, 0.4) is 0 Å². The van der Waals surface area contributed by atoms with Crippen LogP contribution in [0.4, 0.5) is 10.5 Å². The number of anilines is 1. The maximum absolute atomic E-state index is 11.2. The minimum atomic E-state index is -1.06. The molecule has 0 bridgehead atoms. The first-order valence-corrected chi connectivity index (χ1v) is 6.62. The van der Waals surface area contributed by atoms with Crippen LogP contribution >= 0.6 is 0 Å². The summed E-state index contributed by atoms with van der Waals surface area (Å²) >= 11 is 0.